The fraction of sp³-hybridized carbons (Fsp3) is 1.00. The molecule has 0 atom stereocenters. The molecule has 0 aliphatic rings. The molecular formula is C8H20O6P2S. The van der Waals surface area contributed by atoms with Crippen molar-refractivity contribution in [1.29, 1.82) is 0 Å². The Kier molecular flexibility index (Phi) is 14.2. The van der Waals surface area contributed by atoms with Crippen LogP contribution >= 0.6 is 29.5 Å². The van der Waals surface area contributed by atoms with Gasteiger partial charge in [-0.1, -0.05) is 0 Å². The van der Waals surface area contributed by atoms with Crippen molar-refractivity contribution in [3.8, 4) is 0 Å². The Bertz CT molecular complexity index is 139. The molecule has 17 heavy (non-hydrogen) atoms. The maximum atomic E-state index is 5.23. The minimum atomic E-state index is -1.37. The number of rotatable bonds is 12. The molecule has 0 radical (unpaired) electrons. The molecule has 0 aromatic heterocycles. The van der Waals surface area contributed by atoms with Crippen LogP contribution in [-0.4, -0.2) is 26.4 Å². The fourth-order valence-electron chi connectivity index (χ4n) is 0.646. The molecule has 0 aliphatic heterocycles. The lowest BCUT2D eigenvalue weighted by atomic mass is 10.9. The summed E-state index contributed by atoms with van der Waals surface area (Å²) in [5, 5.41) is 0. The Labute approximate surface area is 110 Å². The van der Waals surface area contributed by atoms with Crippen LogP contribution in [0.3, 0.4) is 0 Å². The Morgan fingerprint density at radius 3 is 1.18 bits per heavy atom. The molecule has 0 heterocycles. The predicted octanol–water partition coefficient (Wildman–Crippen LogP) is 4.18. The molecule has 0 rings (SSSR count). The van der Waals surface area contributed by atoms with Crippen LogP contribution in [0.25, 0.3) is 0 Å². The van der Waals surface area contributed by atoms with Gasteiger partial charge in [0.05, 0.1) is 26.4 Å². The molecule has 0 fully saturated rings. The van der Waals surface area contributed by atoms with Crippen LogP contribution in [0.2, 0.25) is 0 Å². The molecule has 0 bridgehead atoms. The Morgan fingerprint density at radius 1 is 0.647 bits per heavy atom. The predicted molar refractivity (Wildman–Crippen MR) is 70.1 cm³/mol. The Morgan fingerprint density at radius 2 is 0.941 bits per heavy atom. The fourth-order valence-corrected chi connectivity index (χ4v) is 3.08. The molecule has 0 N–H and O–H groups in total. The van der Waals surface area contributed by atoms with Gasteiger partial charge in [-0.2, -0.15) is 0 Å². The van der Waals surface area contributed by atoms with Crippen molar-refractivity contribution in [2.75, 3.05) is 26.4 Å². The third-order valence-electron chi connectivity index (χ3n) is 1.12. The van der Waals surface area contributed by atoms with Gasteiger partial charge in [0.15, 0.2) is 12.3 Å². The van der Waals surface area contributed by atoms with Crippen LogP contribution < -0.4 is 0 Å². The Balaban J connectivity index is 3.73. The SMILES string of the molecule is CCOP(OCC)OSOP(OCC)OCC. The van der Waals surface area contributed by atoms with E-state index in [1.165, 1.54) is 0 Å². The highest BCUT2D eigenvalue weighted by molar-refractivity contribution is 7.96. The summed E-state index contributed by atoms with van der Waals surface area (Å²) in [7, 11) is -2.75. The topological polar surface area (TPSA) is 55.4 Å². The van der Waals surface area contributed by atoms with E-state index >= 15 is 0 Å². The first-order chi connectivity index (χ1) is 8.28. The van der Waals surface area contributed by atoms with Gasteiger partial charge in [-0.3, -0.25) is 0 Å². The first-order valence-electron chi connectivity index (χ1n) is 5.41. The quantitative estimate of drug-likeness (QED) is 0.396. The summed E-state index contributed by atoms with van der Waals surface area (Å²) >= 11 is 0.787. The maximum Gasteiger partial charge on any atom is 0.346 e. The zero-order valence-electron chi connectivity index (χ0n) is 10.6. The average molecular weight is 306 g/mol. The Hall–Kier alpha value is 0.970. The van der Waals surface area contributed by atoms with Crippen LogP contribution in [0, 0.1) is 0 Å². The third kappa shape index (κ3) is 10.6. The van der Waals surface area contributed by atoms with Crippen molar-refractivity contribution < 1.29 is 26.0 Å². The first-order valence-corrected chi connectivity index (χ1v) is 8.27. The molecule has 0 saturated carbocycles. The zero-order chi connectivity index (χ0) is 12.9. The average Bonchev–Trinajstić information content (AvgIpc) is 2.30. The third-order valence-corrected chi connectivity index (χ3v) is 4.46. The van der Waals surface area contributed by atoms with Crippen LogP contribution in [0.1, 0.15) is 27.7 Å². The van der Waals surface area contributed by atoms with Crippen LogP contribution in [0.15, 0.2) is 0 Å². The van der Waals surface area contributed by atoms with E-state index in [-0.39, 0.29) is 0 Å². The molecule has 6 nitrogen and oxygen atoms in total. The van der Waals surface area contributed by atoms with E-state index in [0.717, 1.165) is 12.3 Å². The largest absolute Gasteiger partial charge is 0.346 e. The van der Waals surface area contributed by atoms with Crippen molar-refractivity contribution in [2.24, 2.45) is 0 Å². The highest BCUT2D eigenvalue weighted by atomic mass is 32.2. The highest BCUT2D eigenvalue weighted by Crippen LogP contribution is 2.50. The molecule has 0 spiro atoms. The lowest BCUT2D eigenvalue weighted by Gasteiger charge is -2.15. The van der Waals surface area contributed by atoms with Crippen molar-refractivity contribution in [3.63, 3.8) is 0 Å². The molecule has 0 aromatic carbocycles. The minimum Gasteiger partial charge on any atom is -0.312 e. The molecule has 0 aromatic rings. The maximum absolute atomic E-state index is 5.23. The smallest absolute Gasteiger partial charge is 0.312 e. The zero-order valence-corrected chi connectivity index (χ0v) is 13.2. The molecule has 104 valence electrons. The summed E-state index contributed by atoms with van der Waals surface area (Å²) in [6.45, 7) is 9.59. The van der Waals surface area contributed by atoms with Crippen LogP contribution in [0.4, 0.5) is 0 Å². The van der Waals surface area contributed by atoms with Gasteiger partial charge in [-0.15, -0.1) is 0 Å². The molecule has 9 heteroatoms. The van der Waals surface area contributed by atoms with Crippen LogP contribution in [0.5, 0.6) is 0 Å². The van der Waals surface area contributed by atoms with E-state index in [4.69, 9.17) is 26.0 Å². The monoisotopic (exact) mass is 306 g/mol. The first kappa shape index (κ1) is 18.0. The van der Waals surface area contributed by atoms with Gasteiger partial charge in [-0.25, -0.2) is 7.94 Å². The summed E-state index contributed by atoms with van der Waals surface area (Å²) in [5.74, 6) is 0. The normalized spacial score (nSPS) is 11.6. The van der Waals surface area contributed by atoms with Gasteiger partial charge in [-0.05, 0) is 27.7 Å². The van der Waals surface area contributed by atoms with E-state index in [1.54, 1.807) is 0 Å². The number of hydrogen-bond donors (Lipinski definition) is 0. The highest BCUT2D eigenvalue weighted by Gasteiger charge is 2.17. The summed E-state index contributed by atoms with van der Waals surface area (Å²) in [6, 6.07) is 0. The second-order valence-electron chi connectivity index (χ2n) is 2.34. The summed E-state index contributed by atoms with van der Waals surface area (Å²) in [4.78, 5) is 0. The van der Waals surface area contributed by atoms with E-state index in [9.17, 15) is 0 Å². The molecule has 0 saturated heterocycles. The second kappa shape index (κ2) is 13.4. The molecule has 0 unspecified atom stereocenters. The van der Waals surface area contributed by atoms with E-state index < -0.39 is 17.2 Å². The van der Waals surface area contributed by atoms with Crippen molar-refractivity contribution in [2.45, 2.75) is 27.7 Å². The van der Waals surface area contributed by atoms with Gasteiger partial charge >= 0.3 is 17.2 Å². The van der Waals surface area contributed by atoms with Crippen molar-refractivity contribution in [3.05, 3.63) is 0 Å². The van der Waals surface area contributed by atoms with E-state index in [2.05, 4.69) is 0 Å². The van der Waals surface area contributed by atoms with E-state index in [1.807, 2.05) is 27.7 Å². The van der Waals surface area contributed by atoms with Gasteiger partial charge in [0.1, 0.15) is 0 Å². The van der Waals surface area contributed by atoms with E-state index in [0.29, 0.717) is 26.4 Å². The van der Waals surface area contributed by atoms with Crippen molar-refractivity contribution >= 4 is 29.5 Å². The summed E-state index contributed by atoms with van der Waals surface area (Å²) in [5.41, 5.74) is 0. The molecule has 0 amide bonds. The second-order valence-corrected chi connectivity index (χ2v) is 5.59. The van der Waals surface area contributed by atoms with Crippen LogP contribution in [-0.2, 0) is 26.0 Å². The van der Waals surface area contributed by atoms with Gasteiger partial charge in [0.25, 0.3) is 0 Å². The molecule has 0 aliphatic carbocycles. The van der Waals surface area contributed by atoms with Gasteiger partial charge in [0, 0.05) is 0 Å². The van der Waals surface area contributed by atoms with Crippen molar-refractivity contribution in [1.82, 2.24) is 0 Å². The minimum absolute atomic E-state index is 0.526. The summed E-state index contributed by atoms with van der Waals surface area (Å²) in [6.07, 6.45) is 0. The van der Waals surface area contributed by atoms with Gasteiger partial charge in [0.2, 0.25) is 0 Å². The number of hydrogen-bond acceptors (Lipinski definition) is 7. The molecular weight excluding hydrogens is 286 g/mol. The lowest BCUT2D eigenvalue weighted by molar-refractivity contribution is 0.215. The lowest BCUT2D eigenvalue weighted by Crippen LogP contribution is -1.93. The standard InChI is InChI=1S/C8H20O6P2S/c1-5-9-15(10-6-2)13-17-14-16(11-7-3)12-8-4/h5-8H2,1-4H3. The van der Waals surface area contributed by atoms with Gasteiger partial charge < -0.3 is 18.1 Å². The summed E-state index contributed by atoms with van der Waals surface area (Å²) < 4.78 is 31.4.